The van der Waals surface area contributed by atoms with Crippen LogP contribution in [0.3, 0.4) is 0 Å². The van der Waals surface area contributed by atoms with Crippen molar-refractivity contribution in [2.24, 2.45) is 0 Å². The van der Waals surface area contributed by atoms with Gasteiger partial charge in [0.25, 0.3) is 0 Å². The van der Waals surface area contributed by atoms with Gasteiger partial charge in [-0.3, -0.25) is 4.90 Å². The van der Waals surface area contributed by atoms with Crippen molar-refractivity contribution in [3.63, 3.8) is 0 Å². The quantitative estimate of drug-likeness (QED) is 0.816. The first-order chi connectivity index (χ1) is 11.7. The number of halogens is 1. The predicted octanol–water partition coefficient (Wildman–Crippen LogP) is 3.06. The van der Waals surface area contributed by atoms with E-state index in [2.05, 4.69) is 39.8 Å². The average molecular weight is 343 g/mol. The van der Waals surface area contributed by atoms with Crippen LogP contribution in [0.4, 0.5) is 4.39 Å². The van der Waals surface area contributed by atoms with E-state index >= 15 is 0 Å². The molecular formula is C19H22FN3S. The number of hydrogen-bond acceptors (Lipinski definition) is 2. The molecule has 0 radical (unpaired) electrons. The molecule has 0 aromatic heterocycles. The van der Waals surface area contributed by atoms with Crippen molar-refractivity contribution in [1.29, 1.82) is 0 Å². The highest BCUT2D eigenvalue weighted by atomic mass is 32.1. The predicted molar refractivity (Wildman–Crippen MR) is 99.1 cm³/mol. The minimum Gasteiger partial charge on any atom is -0.359 e. The van der Waals surface area contributed by atoms with E-state index in [-0.39, 0.29) is 5.82 Å². The van der Waals surface area contributed by atoms with E-state index in [4.69, 9.17) is 12.2 Å². The SMILES string of the molecule is Fc1ccc(CNC(=S)N[C@@H]2CCN(Cc3ccccc3)C2)cc1. The number of thiocarbonyl (C=S) groups is 1. The number of nitrogens with one attached hydrogen (secondary N) is 2. The van der Waals surface area contributed by atoms with E-state index < -0.39 is 0 Å². The number of hydrogen-bond donors (Lipinski definition) is 2. The van der Waals surface area contributed by atoms with Gasteiger partial charge in [-0.2, -0.15) is 0 Å². The Morgan fingerprint density at radius 2 is 1.83 bits per heavy atom. The van der Waals surface area contributed by atoms with Crippen LogP contribution < -0.4 is 10.6 Å². The fourth-order valence-corrected chi connectivity index (χ4v) is 3.20. The van der Waals surface area contributed by atoms with Crippen molar-refractivity contribution < 1.29 is 4.39 Å². The van der Waals surface area contributed by atoms with Crippen molar-refractivity contribution in [2.75, 3.05) is 13.1 Å². The molecule has 0 bridgehead atoms. The number of likely N-dealkylation sites (tertiary alicyclic amines) is 1. The third kappa shape index (κ3) is 5.01. The minimum absolute atomic E-state index is 0.219. The fourth-order valence-electron chi connectivity index (χ4n) is 2.96. The van der Waals surface area contributed by atoms with E-state index in [1.165, 1.54) is 17.7 Å². The molecule has 2 N–H and O–H groups in total. The van der Waals surface area contributed by atoms with Crippen LogP contribution in [-0.2, 0) is 13.1 Å². The number of rotatable bonds is 5. The molecule has 24 heavy (non-hydrogen) atoms. The van der Waals surface area contributed by atoms with Crippen LogP contribution in [0.5, 0.6) is 0 Å². The summed E-state index contributed by atoms with van der Waals surface area (Å²) in [6, 6.07) is 17.4. The zero-order valence-corrected chi connectivity index (χ0v) is 14.4. The monoisotopic (exact) mass is 343 g/mol. The average Bonchev–Trinajstić information content (AvgIpc) is 3.02. The van der Waals surface area contributed by atoms with E-state index in [0.717, 1.165) is 31.6 Å². The maximum absolute atomic E-state index is 12.9. The zero-order chi connectivity index (χ0) is 16.8. The van der Waals surface area contributed by atoms with Gasteiger partial charge in [0, 0.05) is 32.2 Å². The second kappa shape index (κ2) is 8.22. The highest BCUT2D eigenvalue weighted by Gasteiger charge is 2.22. The summed E-state index contributed by atoms with van der Waals surface area (Å²) in [6.45, 7) is 3.65. The van der Waals surface area contributed by atoms with Gasteiger partial charge in [0.2, 0.25) is 0 Å². The Morgan fingerprint density at radius 1 is 1.08 bits per heavy atom. The van der Waals surface area contributed by atoms with Crippen LogP contribution in [0, 0.1) is 5.82 Å². The molecule has 126 valence electrons. The molecule has 0 unspecified atom stereocenters. The number of benzene rings is 2. The van der Waals surface area contributed by atoms with Crippen LogP contribution >= 0.6 is 12.2 Å². The summed E-state index contributed by atoms with van der Waals surface area (Å²) in [7, 11) is 0. The molecule has 0 spiro atoms. The first kappa shape index (κ1) is 16.9. The smallest absolute Gasteiger partial charge is 0.166 e. The molecule has 0 saturated carbocycles. The zero-order valence-electron chi connectivity index (χ0n) is 13.5. The highest BCUT2D eigenvalue weighted by Crippen LogP contribution is 2.13. The Morgan fingerprint density at radius 3 is 2.58 bits per heavy atom. The van der Waals surface area contributed by atoms with Crippen molar-refractivity contribution in [1.82, 2.24) is 15.5 Å². The van der Waals surface area contributed by atoms with E-state index in [9.17, 15) is 4.39 Å². The van der Waals surface area contributed by atoms with Gasteiger partial charge in [0.1, 0.15) is 5.82 Å². The Hall–Kier alpha value is -1.98. The third-order valence-corrected chi connectivity index (χ3v) is 4.49. The molecule has 1 atom stereocenters. The van der Waals surface area contributed by atoms with Crippen molar-refractivity contribution in [3.8, 4) is 0 Å². The van der Waals surface area contributed by atoms with Gasteiger partial charge >= 0.3 is 0 Å². The van der Waals surface area contributed by atoms with Gasteiger partial charge in [-0.25, -0.2) is 4.39 Å². The maximum Gasteiger partial charge on any atom is 0.166 e. The maximum atomic E-state index is 12.9. The molecule has 1 aliphatic heterocycles. The minimum atomic E-state index is -0.219. The van der Waals surface area contributed by atoms with Crippen molar-refractivity contribution in [3.05, 3.63) is 71.5 Å². The summed E-state index contributed by atoms with van der Waals surface area (Å²) in [4.78, 5) is 2.44. The van der Waals surface area contributed by atoms with Gasteiger partial charge in [-0.05, 0) is 41.9 Å². The van der Waals surface area contributed by atoms with Gasteiger partial charge in [0.05, 0.1) is 0 Å². The summed E-state index contributed by atoms with van der Waals surface area (Å²) >= 11 is 5.37. The lowest BCUT2D eigenvalue weighted by Gasteiger charge is -2.18. The topological polar surface area (TPSA) is 27.3 Å². The molecule has 3 rings (SSSR count). The molecule has 1 aliphatic rings. The fraction of sp³-hybridized carbons (Fsp3) is 0.316. The summed E-state index contributed by atoms with van der Waals surface area (Å²) in [5, 5.41) is 7.23. The largest absolute Gasteiger partial charge is 0.359 e. The molecule has 1 saturated heterocycles. The Bertz CT molecular complexity index is 660. The van der Waals surface area contributed by atoms with Gasteiger partial charge in [-0.1, -0.05) is 42.5 Å². The second-order valence-electron chi connectivity index (χ2n) is 6.16. The van der Waals surface area contributed by atoms with Crippen LogP contribution in [0.15, 0.2) is 54.6 Å². The summed E-state index contributed by atoms with van der Waals surface area (Å²) in [5.41, 5.74) is 2.35. The summed E-state index contributed by atoms with van der Waals surface area (Å²) in [6.07, 6.45) is 1.09. The first-order valence-corrected chi connectivity index (χ1v) is 8.65. The highest BCUT2D eigenvalue weighted by molar-refractivity contribution is 7.80. The van der Waals surface area contributed by atoms with Crippen LogP contribution in [0.1, 0.15) is 17.5 Å². The normalized spacial score (nSPS) is 17.6. The molecule has 1 heterocycles. The van der Waals surface area contributed by atoms with Crippen LogP contribution in [0.25, 0.3) is 0 Å². The molecule has 0 aliphatic carbocycles. The second-order valence-corrected chi connectivity index (χ2v) is 6.57. The van der Waals surface area contributed by atoms with E-state index in [1.54, 1.807) is 12.1 Å². The molecule has 3 nitrogen and oxygen atoms in total. The van der Waals surface area contributed by atoms with Gasteiger partial charge < -0.3 is 10.6 Å². The van der Waals surface area contributed by atoms with E-state index in [0.29, 0.717) is 17.7 Å². The standard InChI is InChI=1S/C19H22FN3S/c20-17-8-6-15(7-9-17)12-21-19(24)22-18-10-11-23(14-18)13-16-4-2-1-3-5-16/h1-9,18H,10-14H2,(H2,21,22,24)/t18-/m1/s1. The third-order valence-electron chi connectivity index (χ3n) is 4.22. The van der Waals surface area contributed by atoms with Crippen molar-refractivity contribution in [2.45, 2.75) is 25.6 Å². The Balaban J connectivity index is 1.40. The summed E-state index contributed by atoms with van der Waals surface area (Å²) in [5.74, 6) is -0.219. The summed E-state index contributed by atoms with van der Waals surface area (Å²) < 4.78 is 12.9. The van der Waals surface area contributed by atoms with Crippen molar-refractivity contribution >= 4 is 17.3 Å². The molecule has 2 aromatic carbocycles. The molecule has 1 fully saturated rings. The lowest BCUT2D eigenvalue weighted by Crippen LogP contribution is -2.42. The Kier molecular flexibility index (Phi) is 5.77. The van der Waals surface area contributed by atoms with E-state index in [1.807, 2.05) is 6.07 Å². The lowest BCUT2D eigenvalue weighted by molar-refractivity contribution is 0.324. The van der Waals surface area contributed by atoms with Crippen LogP contribution in [-0.4, -0.2) is 29.1 Å². The number of nitrogens with zero attached hydrogens (tertiary/aromatic N) is 1. The molecule has 0 amide bonds. The van der Waals surface area contributed by atoms with Gasteiger partial charge in [-0.15, -0.1) is 0 Å². The Labute approximate surface area is 147 Å². The van der Waals surface area contributed by atoms with Crippen LogP contribution in [0.2, 0.25) is 0 Å². The molecule has 2 aromatic rings. The van der Waals surface area contributed by atoms with Gasteiger partial charge in [0.15, 0.2) is 5.11 Å². The lowest BCUT2D eigenvalue weighted by atomic mass is 10.2. The molecule has 5 heteroatoms. The first-order valence-electron chi connectivity index (χ1n) is 8.24. The molecular weight excluding hydrogens is 321 g/mol.